The van der Waals surface area contributed by atoms with Crippen LogP contribution in [0.4, 0.5) is 6.01 Å². The summed E-state index contributed by atoms with van der Waals surface area (Å²) in [6.07, 6.45) is 3.13. The lowest BCUT2D eigenvalue weighted by atomic mass is 9.92. The van der Waals surface area contributed by atoms with E-state index in [0.717, 1.165) is 6.54 Å². The van der Waals surface area contributed by atoms with Crippen molar-refractivity contribution in [3.8, 4) is 0 Å². The molecule has 0 aliphatic carbocycles. The van der Waals surface area contributed by atoms with E-state index in [2.05, 4.69) is 28.9 Å². The summed E-state index contributed by atoms with van der Waals surface area (Å²) in [4.78, 5) is 2.21. The molecule has 2 unspecified atom stereocenters. The second-order valence-corrected chi connectivity index (χ2v) is 4.57. The summed E-state index contributed by atoms with van der Waals surface area (Å²) in [5, 5.41) is 8.10. The van der Waals surface area contributed by atoms with Gasteiger partial charge >= 0.3 is 6.01 Å². The molecule has 0 spiro atoms. The molecular weight excluding hydrogens is 204 g/mol. The van der Waals surface area contributed by atoms with Crippen molar-refractivity contribution in [2.75, 3.05) is 18.0 Å². The Kier molecular flexibility index (Phi) is 3.43. The normalized spacial score (nSPS) is 26.1. The van der Waals surface area contributed by atoms with Crippen LogP contribution in [0.3, 0.4) is 0 Å². The first kappa shape index (κ1) is 11.4. The average Bonchev–Trinajstić information content (AvgIpc) is 2.71. The molecule has 2 rings (SSSR count). The first-order valence-electron chi connectivity index (χ1n) is 6.01. The van der Waals surface area contributed by atoms with E-state index in [1.54, 1.807) is 0 Å². The molecule has 0 saturated carbocycles. The summed E-state index contributed by atoms with van der Waals surface area (Å²) in [5.74, 6) is 1.32. The largest absolute Gasteiger partial charge is 0.408 e. The molecule has 0 aromatic carbocycles. The molecule has 1 aliphatic heterocycles. The summed E-state index contributed by atoms with van der Waals surface area (Å²) in [5.41, 5.74) is 5.46. The molecule has 2 N–H and O–H groups in total. The van der Waals surface area contributed by atoms with Crippen LogP contribution in [0.25, 0.3) is 0 Å². The van der Waals surface area contributed by atoms with Crippen LogP contribution in [0, 0.1) is 5.92 Å². The highest BCUT2D eigenvalue weighted by Gasteiger charge is 2.28. The zero-order valence-corrected chi connectivity index (χ0v) is 10.0. The van der Waals surface area contributed by atoms with E-state index in [1.165, 1.54) is 12.8 Å². The summed E-state index contributed by atoms with van der Waals surface area (Å²) < 4.78 is 5.61. The molecule has 2 heterocycles. The Morgan fingerprint density at radius 2 is 2.25 bits per heavy atom. The minimum absolute atomic E-state index is 0.472. The summed E-state index contributed by atoms with van der Waals surface area (Å²) >= 11 is 0. The van der Waals surface area contributed by atoms with Gasteiger partial charge in [-0.2, -0.15) is 0 Å². The van der Waals surface area contributed by atoms with E-state index >= 15 is 0 Å². The second-order valence-electron chi connectivity index (χ2n) is 4.57. The number of rotatable bonds is 3. The standard InChI is InChI=1S/C11H20N4O/c1-8-4-3-7-15(9(8)2)11-14-13-10(16-11)5-6-12/h8-9H,3-7,12H2,1-2H3. The second kappa shape index (κ2) is 4.82. The third-order valence-corrected chi connectivity index (χ3v) is 3.43. The van der Waals surface area contributed by atoms with Gasteiger partial charge in [0.05, 0.1) is 0 Å². The summed E-state index contributed by atoms with van der Waals surface area (Å²) in [7, 11) is 0. The predicted octanol–water partition coefficient (Wildman–Crippen LogP) is 1.20. The van der Waals surface area contributed by atoms with Crippen LogP contribution >= 0.6 is 0 Å². The Balaban J connectivity index is 2.09. The van der Waals surface area contributed by atoms with Crippen LogP contribution < -0.4 is 10.6 Å². The third-order valence-electron chi connectivity index (χ3n) is 3.43. The molecular formula is C11H20N4O. The number of hydrogen-bond acceptors (Lipinski definition) is 5. The number of anilines is 1. The van der Waals surface area contributed by atoms with Crippen molar-refractivity contribution in [1.82, 2.24) is 10.2 Å². The van der Waals surface area contributed by atoms with Crippen molar-refractivity contribution < 1.29 is 4.42 Å². The molecule has 1 aromatic heterocycles. The third kappa shape index (κ3) is 2.19. The number of nitrogens with zero attached hydrogens (tertiary/aromatic N) is 3. The van der Waals surface area contributed by atoms with Crippen LogP contribution in [0.2, 0.25) is 0 Å². The Labute approximate surface area is 96.0 Å². The lowest BCUT2D eigenvalue weighted by Gasteiger charge is -2.36. The summed E-state index contributed by atoms with van der Waals surface area (Å²) in [6, 6.07) is 1.13. The Bertz CT molecular complexity index is 338. The van der Waals surface area contributed by atoms with Gasteiger partial charge in [-0.25, -0.2) is 0 Å². The molecule has 0 radical (unpaired) electrons. The van der Waals surface area contributed by atoms with Crippen LogP contribution in [0.1, 0.15) is 32.6 Å². The molecule has 5 heteroatoms. The minimum Gasteiger partial charge on any atom is -0.408 e. The van der Waals surface area contributed by atoms with Crippen molar-refractivity contribution in [2.45, 2.75) is 39.2 Å². The SMILES string of the molecule is CC1CCCN(c2nnc(CCN)o2)C1C. The van der Waals surface area contributed by atoms with Crippen molar-refractivity contribution in [3.05, 3.63) is 5.89 Å². The molecule has 1 aromatic rings. The zero-order valence-electron chi connectivity index (χ0n) is 10.0. The van der Waals surface area contributed by atoms with Gasteiger partial charge in [0, 0.05) is 25.6 Å². The highest BCUT2D eigenvalue weighted by molar-refractivity contribution is 5.27. The van der Waals surface area contributed by atoms with E-state index < -0.39 is 0 Å². The highest BCUT2D eigenvalue weighted by atomic mass is 16.4. The highest BCUT2D eigenvalue weighted by Crippen LogP contribution is 2.27. The van der Waals surface area contributed by atoms with Crippen LogP contribution in [0.5, 0.6) is 0 Å². The van der Waals surface area contributed by atoms with Gasteiger partial charge in [-0.3, -0.25) is 0 Å². The van der Waals surface area contributed by atoms with Gasteiger partial charge in [-0.15, -0.1) is 5.10 Å². The van der Waals surface area contributed by atoms with Crippen molar-refractivity contribution >= 4 is 6.01 Å². The molecule has 16 heavy (non-hydrogen) atoms. The maximum Gasteiger partial charge on any atom is 0.318 e. The van der Waals surface area contributed by atoms with Crippen LogP contribution in [-0.4, -0.2) is 29.3 Å². The number of piperidine rings is 1. The van der Waals surface area contributed by atoms with Crippen molar-refractivity contribution in [3.63, 3.8) is 0 Å². The van der Waals surface area contributed by atoms with Gasteiger partial charge in [0.25, 0.3) is 0 Å². The first-order chi connectivity index (χ1) is 7.72. The number of nitrogens with two attached hydrogens (primary N) is 1. The van der Waals surface area contributed by atoms with Gasteiger partial charge in [-0.05, 0) is 25.7 Å². The maximum atomic E-state index is 5.61. The molecule has 0 bridgehead atoms. The average molecular weight is 224 g/mol. The topological polar surface area (TPSA) is 68.2 Å². The first-order valence-corrected chi connectivity index (χ1v) is 6.01. The fourth-order valence-electron chi connectivity index (χ4n) is 2.19. The summed E-state index contributed by atoms with van der Waals surface area (Å²) in [6.45, 7) is 6.05. The number of aromatic nitrogens is 2. The minimum atomic E-state index is 0.472. The van der Waals surface area contributed by atoms with Crippen LogP contribution in [-0.2, 0) is 6.42 Å². The Hall–Kier alpha value is -1.10. The van der Waals surface area contributed by atoms with E-state index in [0.29, 0.717) is 36.8 Å². The van der Waals surface area contributed by atoms with Gasteiger partial charge in [0.1, 0.15) is 0 Å². The van der Waals surface area contributed by atoms with Gasteiger partial charge < -0.3 is 15.1 Å². The molecule has 1 fully saturated rings. The van der Waals surface area contributed by atoms with E-state index in [9.17, 15) is 0 Å². The fraction of sp³-hybridized carbons (Fsp3) is 0.818. The van der Waals surface area contributed by atoms with Crippen LogP contribution in [0.15, 0.2) is 4.42 Å². The lowest BCUT2D eigenvalue weighted by Crippen LogP contribution is -2.42. The number of hydrogen-bond donors (Lipinski definition) is 1. The fourth-order valence-corrected chi connectivity index (χ4v) is 2.19. The monoisotopic (exact) mass is 224 g/mol. The maximum absolute atomic E-state index is 5.61. The molecule has 5 nitrogen and oxygen atoms in total. The van der Waals surface area contributed by atoms with E-state index in [1.807, 2.05) is 0 Å². The molecule has 1 aliphatic rings. The zero-order chi connectivity index (χ0) is 11.5. The molecule has 2 atom stereocenters. The van der Waals surface area contributed by atoms with Crippen molar-refractivity contribution in [2.24, 2.45) is 11.7 Å². The molecule has 90 valence electrons. The molecule has 1 saturated heterocycles. The van der Waals surface area contributed by atoms with Crippen molar-refractivity contribution in [1.29, 1.82) is 0 Å². The molecule has 0 amide bonds. The Morgan fingerprint density at radius 1 is 1.44 bits per heavy atom. The van der Waals surface area contributed by atoms with Gasteiger partial charge in [0.2, 0.25) is 5.89 Å². The van der Waals surface area contributed by atoms with E-state index in [-0.39, 0.29) is 0 Å². The van der Waals surface area contributed by atoms with E-state index in [4.69, 9.17) is 10.2 Å². The quantitative estimate of drug-likeness (QED) is 0.835. The predicted molar refractivity (Wildman–Crippen MR) is 62.3 cm³/mol. The van der Waals surface area contributed by atoms with Gasteiger partial charge in [0.15, 0.2) is 0 Å². The Morgan fingerprint density at radius 3 is 3.00 bits per heavy atom. The lowest BCUT2D eigenvalue weighted by molar-refractivity contribution is 0.339. The smallest absolute Gasteiger partial charge is 0.318 e. The van der Waals surface area contributed by atoms with Gasteiger partial charge in [-0.1, -0.05) is 12.0 Å².